The van der Waals surface area contributed by atoms with E-state index in [1.54, 1.807) is 24.3 Å². The molecule has 160 valence electrons. The number of esters is 3. The third kappa shape index (κ3) is 6.48. The van der Waals surface area contributed by atoms with E-state index in [4.69, 9.17) is 23.7 Å². The first-order chi connectivity index (χ1) is 13.6. The molecule has 0 bridgehead atoms. The molecule has 0 amide bonds. The Labute approximate surface area is 166 Å². The number of benzene rings is 1. The minimum atomic E-state index is -3.51. The van der Waals surface area contributed by atoms with Gasteiger partial charge in [0.15, 0.2) is 12.2 Å². The van der Waals surface area contributed by atoms with Crippen LogP contribution in [0.25, 0.3) is 0 Å². The number of carbonyl (C=O) groups excluding carboxylic acids is 3. The molecule has 29 heavy (non-hydrogen) atoms. The van der Waals surface area contributed by atoms with Gasteiger partial charge in [-0.1, -0.05) is 30.3 Å². The van der Waals surface area contributed by atoms with Crippen molar-refractivity contribution in [3.05, 3.63) is 35.9 Å². The van der Waals surface area contributed by atoms with E-state index in [-0.39, 0.29) is 13.2 Å². The van der Waals surface area contributed by atoms with Gasteiger partial charge in [0.1, 0.15) is 6.10 Å². The van der Waals surface area contributed by atoms with Gasteiger partial charge < -0.3 is 28.8 Å². The molecule has 0 unspecified atom stereocenters. The molecule has 1 N–H and O–H groups in total. The summed E-state index contributed by atoms with van der Waals surface area (Å²) in [6.07, 6.45) is -6.48. The number of halogens is 1. The van der Waals surface area contributed by atoms with Crippen molar-refractivity contribution in [3.63, 3.8) is 0 Å². The summed E-state index contributed by atoms with van der Waals surface area (Å²) >= 11 is 0. The summed E-state index contributed by atoms with van der Waals surface area (Å²) in [4.78, 5) is 34.4. The highest BCUT2D eigenvalue weighted by molar-refractivity contribution is 5.68. The SMILES string of the molecule is CC(=O)O[C@@H]1[C@H](OC(C)=O)[C@@H](OC(C)=O)[C@](O)(F)O[C@@H]1COCc1ccccc1. The zero-order valence-corrected chi connectivity index (χ0v) is 16.2. The Bertz CT molecular complexity index is 722. The number of aliphatic hydroxyl groups is 1. The lowest BCUT2D eigenvalue weighted by atomic mass is 9.97. The topological polar surface area (TPSA) is 118 Å². The van der Waals surface area contributed by atoms with E-state index < -0.39 is 48.4 Å². The van der Waals surface area contributed by atoms with Crippen molar-refractivity contribution < 1.29 is 47.6 Å². The normalized spacial score (nSPS) is 29.0. The van der Waals surface area contributed by atoms with Gasteiger partial charge in [0, 0.05) is 20.8 Å². The summed E-state index contributed by atoms with van der Waals surface area (Å²) in [5, 5.41) is 10.1. The van der Waals surface area contributed by atoms with E-state index in [9.17, 15) is 23.9 Å². The average Bonchev–Trinajstić information content (AvgIpc) is 2.61. The predicted molar refractivity (Wildman–Crippen MR) is 93.7 cm³/mol. The molecule has 0 aliphatic carbocycles. The maximum Gasteiger partial charge on any atom is 0.360 e. The van der Waals surface area contributed by atoms with E-state index in [0.717, 1.165) is 26.3 Å². The monoisotopic (exact) mass is 414 g/mol. The lowest BCUT2D eigenvalue weighted by Crippen LogP contribution is -2.66. The summed E-state index contributed by atoms with van der Waals surface area (Å²) in [6, 6.07) is 5.52. The van der Waals surface area contributed by atoms with Crippen LogP contribution >= 0.6 is 0 Å². The number of carbonyl (C=O) groups is 3. The number of rotatable bonds is 7. The highest BCUT2D eigenvalue weighted by Gasteiger charge is 2.60. The van der Waals surface area contributed by atoms with Gasteiger partial charge in [-0.15, -0.1) is 0 Å². The molecule has 10 heteroatoms. The number of alkyl halides is 1. The molecular weight excluding hydrogens is 391 g/mol. The second-order valence-electron chi connectivity index (χ2n) is 6.44. The van der Waals surface area contributed by atoms with Gasteiger partial charge >= 0.3 is 23.9 Å². The lowest BCUT2D eigenvalue weighted by molar-refractivity contribution is -0.404. The largest absolute Gasteiger partial charge is 0.456 e. The summed E-state index contributed by atoms with van der Waals surface area (Å²) in [6.45, 7) is 2.90. The molecule has 0 saturated carbocycles. The molecule has 1 fully saturated rings. The van der Waals surface area contributed by atoms with E-state index in [2.05, 4.69) is 0 Å². The van der Waals surface area contributed by atoms with E-state index in [1.165, 1.54) is 0 Å². The fourth-order valence-electron chi connectivity index (χ4n) is 2.90. The molecule has 1 aromatic rings. The van der Waals surface area contributed by atoms with E-state index in [1.807, 2.05) is 6.07 Å². The lowest BCUT2D eigenvalue weighted by Gasteiger charge is -2.44. The van der Waals surface area contributed by atoms with Crippen LogP contribution in [-0.4, -0.2) is 60.1 Å². The Balaban J connectivity index is 2.24. The standard InChI is InChI=1S/C19H23FO9/c1-11(21)26-16-15(10-25-9-14-7-5-4-6-8-14)29-19(20,24)18(28-13(3)23)17(16)27-12(2)22/h4-8,15-18,24H,9-10H2,1-3H3/t15-,16+,17+,18-,19-/m1/s1. The molecule has 1 heterocycles. The van der Waals surface area contributed by atoms with Crippen LogP contribution in [0.15, 0.2) is 30.3 Å². The molecule has 1 aromatic carbocycles. The summed E-state index contributed by atoms with van der Waals surface area (Å²) in [7, 11) is 0. The molecule has 9 nitrogen and oxygen atoms in total. The summed E-state index contributed by atoms with van der Waals surface area (Å²) < 4.78 is 40.1. The van der Waals surface area contributed by atoms with Crippen LogP contribution in [0.2, 0.25) is 0 Å². The Morgan fingerprint density at radius 2 is 1.55 bits per heavy atom. The van der Waals surface area contributed by atoms with Crippen molar-refractivity contribution in [3.8, 4) is 0 Å². The number of hydrogen-bond donors (Lipinski definition) is 1. The van der Waals surface area contributed by atoms with Crippen molar-refractivity contribution >= 4 is 17.9 Å². The fraction of sp³-hybridized carbons (Fsp3) is 0.526. The summed E-state index contributed by atoms with van der Waals surface area (Å²) in [5.74, 6) is -2.62. The second kappa shape index (κ2) is 9.77. The van der Waals surface area contributed by atoms with E-state index >= 15 is 0 Å². The third-order valence-corrected chi connectivity index (χ3v) is 3.95. The molecule has 0 radical (unpaired) electrons. The van der Waals surface area contributed by atoms with Gasteiger partial charge in [-0.05, 0) is 5.56 Å². The van der Waals surface area contributed by atoms with Crippen molar-refractivity contribution in [2.75, 3.05) is 6.61 Å². The highest BCUT2D eigenvalue weighted by Crippen LogP contribution is 2.35. The maximum atomic E-state index is 14.8. The Morgan fingerprint density at radius 3 is 2.10 bits per heavy atom. The third-order valence-electron chi connectivity index (χ3n) is 3.95. The zero-order chi connectivity index (χ0) is 21.6. The quantitative estimate of drug-likeness (QED) is 0.515. The van der Waals surface area contributed by atoms with Gasteiger partial charge in [0.2, 0.25) is 6.10 Å². The summed E-state index contributed by atoms with van der Waals surface area (Å²) in [5.41, 5.74) is 0.817. The van der Waals surface area contributed by atoms with Crippen molar-refractivity contribution in [1.82, 2.24) is 0 Å². The van der Waals surface area contributed by atoms with E-state index in [0.29, 0.717) is 0 Å². The number of hydrogen-bond acceptors (Lipinski definition) is 9. The van der Waals surface area contributed by atoms with Gasteiger partial charge in [-0.3, -0.25) is 14.4 Å². The molecule has 1 saturated heterocycles. The molecule has 5 atom stereocenters. The Hall–Kier alpha value is -2.56. The molecule has 0 spiro atoms. The minimum absolute atomic E-state index is 0.129. The Kier molecular flexibility index (Phi) is 7.66. The van der Waals surface area contributed by atoms with Gasteiger partial charge in [-0.25, -0.2) is 0 Å². The Morgan fingerprint density at radius 1 is 1.00 bits per heavy atom. The first kappa shape index (κ1) is 22.7. The first-order valence-electron chi connectivity index (χ1n) is 8.82. The maximum absolute atomic E-state index is 14.8. The predicted octanol–water partition coefficient (Wildman–Crippen LogP) is 1.01. The van der Waals surface area contributed by atoms with Crippen LogP contribution in [0.1, 0.15) is 26.3 Å². The molecular formula is C19H23FO9. The van der Waals surface area contributed by atoms with Crippen LogP contribution in [-0.2, 0) is 44.7 Å². The number of ether oxygens (including phenoxy) is 5. The smallest absolute Gasteiger partial charge is 0.360 e. The minimum Gasteiger partial charge on any atom is -0.456 e. The molecule has 1 aliphatic rings. The molecule has 1 aliphatic heterocycles. The van der Waals surface area contributed by atoms with Crippen molar-refractivity contribution in [2.45, 2.75) is 57.8 Å². The van der Waals surface area contributed by atoms with Crippen LogP contribution in [0.3, 0.4) is 0 Å². The van der Waals surface area contributed by atoms with Gasteiger partial charge in [-0.2, -0.15) is 4.39 Å². The van der Waals surface area contributed by atoms with Gasteiger partial charge in [0.25, 0.3) is 0 Å². The molecule has 2 rings (SSSR count). The average molecular weight is 414 g/mol. The second-order valence-corrected chi connectivity index (χ2v) is 6.44. The van der Waals surface area contributed by atoms with Crippen LogP contribution in [0.4, 0.5) is 4.39 Å². The van der Waals surface area contributed by atoms with Crippen LogP contribution in [0, 0.1) is 0 Å². The first-order valence-corrected chi connectivity index (χ1v) is 8.82. The van der Waals surface area contributed by atoms with Crippen molar-refractivity contribution in [1.29, 1.82) is 0 Å². The molecule has 0 aromatic heterocycles. The van der Waals surface area contributed by atoms with Gasteiger partial charge in [0.05, 0.1) is 13.2 Å². The van der Waals surface area contributed by atoms with Crippen LogP contribution in [0.5, 0.6) is 0 Å². The van der Waals surface area contributed by atoms with Crippen LogP contribution < -0.4 is 0 Å². The van der Waals surface area contributed by atoms with Crippen molar-refractivity contribution in [2.24, 2.45) is 0 Å². The zero-order valence-electron chi connectivity index (χ0n) is 16.2. The highest BCUT2D eigenvalue weighted by atomic mass is 19.2. The fourth-order valence-corrected chi connectivity index (χ4v) is 2.90.